The number of aromatic amines is 1. The van der Waals surface area contributed by atoms with Gasteiger partial charge >= 0.3 is 0 Å². The fourth-order valence-corrected chi connectivity index (χ4v) is 2.97. The van der Waals surface area contributed by atoms with Gasteiger partial charge in [-0.2, -0.15) is 5.26 Å². The van der Waals surface area contributed by atoms with E-state index in [-0.39, 0.29) is 6.61 Å². The molecule has 0 fully saturated rings. The molecule has 31 heavy (non-hydrogen) atoms. The highest BCUT2D eigenvalue weighted by Gasteiger charge is 2.08. The molecule has 1 aromatic heterocycles. The minimum Gasteiger partial charge on any atom is -0.484 e. The highest BCUT2D eigenvalue weighted by atomic mass is 19.1. The van der Waals surface area contributed by atoms with Crippen molar-refractivity contribution in [2.24, 2.45) is 0 Å². The van der Waals surface area contributed by atoms with Crippen molar-refractivity contribution in [1.29, 1.82) is 5.26 Å². The maximum atomic E-state index is 13.2. The maximum absolute atomic E-state index is 13.2. The van der Waals surface area contributed by atoms with Gasteiger partial charge in [-0.3, -0.25) is 4.79 Å². The van der Waals surface area contributed by atoms with Gasteiger partial charge in [0.05, 0.1) is 16.6 Å². The van der Waals surface area contributed by atoms with Gasteiger partial charge in [0.15, 0.2) is 6.61 Å². The molecule has 1 heterocycles. The minimum atomic E-state index is -0.429. The number of amides is 1. The summed E-state index contributed by atoms with van der Waals surface area (Å²) in [6.07, 6.45) is 1.72. The van der Waals surface area contributed by atoms with Gasteiger partial charge in [0.1, 0.15) is 23.5 Å². The number of nitrogens with zero attached hydrogens (tertiary/aromatic N) is 2. The van der Waals surface area contributed by atoms with E-state index in [4.69, 9.17) is 4.74 Å². The van der Waals surface area contributed by atoms with Crippen LogP contribution >= 0.6 is 0 Å². The van der Waals surface area contributed by atoms with Crippen molar-refractivity contribution in [2.75, 3.05) is 11.9 Å². The van der Waals surface area contributed by atoms with Crippen LogP contribution in [0.4, 0.5) is 10.1 Å². The van der Waals surface area contributed by atoms with Crippen LogP contribution in [0.15, 0.2) is 72.8 Å². The summed E-state index contributed by atoms with van der Waals surface area (Å²) < 4.78 is 18.6. The Morgan fingerprint density at radius 3 is 2.68 bits per heavy atom. The van der Waals surface area contributed by atoms with Crippen molar-refractivity contribution in [1.82, 2.24) is 9.97 Å². The van der Waals surface area contributed by atoms with Crippen molar-refractivity contribution in [3.8, 4) is 11.8 Å². The number of fused-ring (bicyclic) bond motifs is 1. The van der Waals surface area contributed by atoms with Crippen LogP contribution in [0, 0.1) is 17.1 Å². The molecule has 0 unspecified atom stereocenters. The third-order valence-corrected chi connectivity index (χ3v) is 4.43. The molecule has 0 saturated heterocycles. The standard InChI is InChI=1S/C24H17FN4O2/c25-18-4-3-5-19(13-18)27-23(30)15-31-20-10-8-16(9-11-20)12-17(14-26)24-28-21-6-1-2-7-22(21)29-24/h1-13H,15H2,(H,27,30)(H,28,29). The Labute approximate surface area is 177 Å². The van der Waals surface area contributed by atoms with E-state index in [2.05, 4.69) is 21.4 Å². The summed E-state index contributed by atoms with van der Waals surface area (Å²) in [5, 5.41) is 12.1. The van der Waals surface area contributed by atoms with Crippen LogP contribution < -0.4 is 10.1 Å². The van der Waals surface area contributed by atoms with Crippen LogP contribution in [0.3, 0.4) is 0 Å². The van der Waals surface area contributed by atoms with E-state index in [1.165, 1.54) is 18.2 Å². The van der Waals surface area contributed by atoms with Gasteiger partial charge in [-0.1, -0.05) is 30.3 Å². The number of hydrogen-bond acceptors (Lipinski definition) is 4. The molecular weight excluding hydrogens is 395 g/mol. The third-order valence-electron chi connectivity index (χ3n) is 4.43. The summed E-state index contributed by atoms with van der Waals surface area (Å²) in [6.45, 7) is -0.214. The number of nitriles is 1. The molecule has 1 amide bonds. The van der Waals surface area contributed by atoms with E-state index in [9.17, 15) is 14.4 Å². The van der Waals surface area contributed by atoms with Crippen LogP contribution in [0.25, 0.3) is 22.7 Å². The molecule has 2 N–H and O–H groups in total. The van der Waals surface area contributed by atoms with Crippen LogP contribution in [0.5, 0.6) is 5.75 Å². The lowest BCUT2D eigenvalue weighted by molar-refractivity contribution is -0.118. The van der Waals surface area contributed by atoms with E-state index in [0.29, 0.717) is 22.8 Å². The summed E-state index contributed by atoms with van der Waals surface area (Å²) in [4.78, 5) is 19.6. The van der Waals surface area contributed by atoms with Crippen molar-refractivity contribution >= 4 is 34.3 Å². The number of aromatic nitrogens is 2. The quantitative estimate of drug-likeness (QED) is 0.446. The zero-order valence-corrected chi connectivity index (χ0v) is 16.3. The van der Waals surface area contributed by atoms with Crippen LogP contribution in [0.1, 0.15) is 11.4 Å². The zero-order chi connectivity index (χ0) is 21.6. The lowest BCUT2D eigenvalue weighted by Gasteiger charge is -2.08. The van der Waals surface area contributed by atoms with Gasteiger partial charge in [-0.25, -0.2) is 9.37 Å². The van der Waals surface area contributed by atoms with Crippen molar-refractivity contribution in [3.05, 3.63) is 90.0 Å². The summed E-state index contributed by atoms with van der Waals surface area (Å²) in [5.74, 6) is 0.166. The van der Waals surface area contributed by atoms with E-state index >= 15 is 0 Å². The molecule has 0 bridgehead atoms. The summed E-state index contributed by atoms with van der Waals surface area (Å²) in [6, 6.07) is 22.3. The van der Waals surface area contributed by atoms with Gasteiger partial charge in [-0.15, -0.1) is 0 Å². The lowest BCUT2D eigenvalue weighted by atomic mass is 10.1. The highest BCUT2D eigenvalue weighted by Crippen LogP contribution is 2.20. The Hall–Kier alpha value is -4.44. The molecule has 7 heteroatoms. The van der Waals surface area contributed by atoms with Crippen molar-refractivity contribution in [2.45, 2.75) is 0 Å². The number of imidazole rings is 1. The lowest BCUT2D eigenvalue weighted by Crippen LogP contribution is -2.20. The number of allylic oxidation sites excluding steroid dienone is 1. The fraction of sp³-hybridized carbons (Fsp3) is 0.0417. The smallest absolute Gasteiger partial charge is 0.262 e. The molecule has 4 rings (SSSR count). The summed E-state index contributed by atoms with van der Waals surface area (Å²) >= 11 is 0. The molecule has 0 spiro atoms. The van der Waals surface area contributed by atoms with Crippen molar-refractivity contribution in [3.63, 3.8) is 0 Å². The molecule has 0 atom stereocenters. The Morgan fingerprint density at radius 1 is 1.13 bits per heavy atom. The first-order valence-electron chi connectivity index (χ1n) is 9.46. The average molecular weight is 412 g/mol. The number of halogens is 1. The Bertz CT molecular complexity index is 1270. The monoisotopic (exact) mass is 412 g/mol. The summed E-state index contributed by atoms with van der Waals surface area (Å²) in [5.41, 5.74) is 3.20. The normalized spacial score (nSPS) is 11.2. The molecule has 4 aromatic rings. The van der Waals surface area contributed by atoms with E-state index < -0.39 is 11.7 Å². The van der Waals surface area contributed by atoms with E-state index in [1.807, 2.05) is 24.3 Å². The SMILES string of the molecule is N#CC(=Cc1ccc(OCC(=O)Nc2cccc(F)c2)cc1)c1nc2ccccc2[nH]1. The Morgan fingerprint density at radius 2 is 1.94 bits per heavy atom. The summed E-state index contributed by atoms with van der Waals surface area (Å²) in [7, 11) is 0. The molecule has 0 aliphatic rings. The predicted molar refractivity (Wildman–Crippen MR) is 117 cm³/mol. The minimum absolute atomic E-state index is 0.214. The number of carbonyl (C=O) groups excluding carboxylic acids is 1. The third kappa shape index (κ3) is 4.95. The first-order valence-corrected chi connectivity index (χ1v) is 9.46. The second-order valence-corrected chi connectivity index (χ2v) is 6.69. The highest BCUT2D eigenvalue weighted by molar-refractivity contribution is 5.92. The van der Waals surface area contributed by atoms with Gasteiger partial charge in [0, 0.05) is 5.69 Å². The number of para-hydroxylation sites is 2. The molecule has 6 nitrogen and oxygen atoms in total. The van der Waals surface area contributed by atoms with Gasteiger partial charge < -0.3 is 15.0 Å². The molecule has 0 radical (unpaired) electrons. The van der Waals surface area contributed by atoms with Crippen molar-refractivity contribution < 1.29 is 13.9 Å². The Kier molecular flexibility index (Phi) is 5.72. The number of H-pyrrole nitrogens is 1. The molecule has 3 aromatic carbocycles. The van der Waals surface area contributed by atoms with Crippen LogP contribution in [-0.2, 0) is 4.79 Å². The average Bonchev–Trinajstić information content (AvgIpc) is 3.21. The molecular formula is C24H17FN4O2. The second-order valence-electron chi connectivity index (χ2n) is 6.69. The Balaban J connectivity index is 1.40. The number of ether oxygens (including phenoxy) is 1. The topological polar surface area (TPSA) is 90.8 Å². The molecule has 152 valence electrons. The zero-order valence-electron chi connectivity index (χ0n) is 16.3. The largest absolute Gasteiger partial charge is 0.484 e. The van der Waals surface area contributed by atoms with Gasteiger partial charge in [0.25, 0.3) is 5.91 Å². The fourth-order valence-electron chi connectivity index (χ4n) is 2.97. The number of nitrogens with one attached hydrogen (secondary N) is 2. The number of carbonyl (C=O) groups is 1. The second kappa shape index (κ2) is 8.93. The molecule has 0 aliphatic heterocycles. The molecule has 0 saturated carbocycles. The van der Waals surface area contributed by atoms with Crippen LogP contribution in [-0.4, -0.2) is 22.5 Å². The molecule has 0 aliphatic carbocycles. The van der Waals surface area contributed by atoms with Gasteiger partial charge in [0.2, 0.25) is 0 Å². The van der Waals surface area contributed by atoms with Crippen LogP contribution in [0.2, 0.25) is 0 Å². The van der Waals surface area contributed by atoms with Gasteiger partial charge in [-0.05, 0) is 54.1 Å². The number of hydrogen-bond donors (Lipinski definition) is 2. The van der Waals surface area contributed by atoms with E-state index in [1.54, 1.807) is 36.4 Å². The first-order chi connectivity index (χ1) is 15.1. The number of benzene rings is 3. The maximum Gasteiger partial charge on any atom is 0.262 e. The first kappa shape index (κ1) is 19.9. The predicted octanol–water partition coefficient (Wildman–Crippen LogP) is 4.78. The number of anilines is 1. The van der Waals surface area contributed by atoms with E-state index in [0.717, 1.165) is 16.6 Å². The number of rotatable bonds is 6.